The van der Waals surface area contributed by atoms with Crippen molar-refractivity contribution in [2.45, 2.75) is 0 Å². The molecule has 0 radical (unpaired) electrons. The van der Waals surface area contributed by atoms with Crippen LogP contribution in [-0.2, 0) is 49.5 Å². The SMILES string of the molecule is O=S([O-])OB1OCC2(CO1)COB(OS(=O)[O-])OC2. The Balaban J connectivity index is 1.78. The molecule has 0 bridgehead atoms. The molecule has 2 unspecified atom stereocenters. The molecular weight excluding hydrogens is 306 g/mol. The van der Waals surface area contributed by atoms with Gasteiger partial charge in [0.2, 0.25) is 0 Å². The fourth-order valence-corrected chi connectivity index (χ4v) is 2.04. The minimum atomic E-state index is -2.74. The minimum absolute atomic E-state index is 0.0715. The molecule has 2 atom stereocenters. The largest absolute Gasteiger partial charge is 0.751 e. The maximum atomic E-state index is 10.3. The van der Waals surface area contributed by atoms with Crippen LogP contribution in [0.2, 0.25) is 0 Å². The van der Waals surface area contributed by atoms with Gasteiger partial charge in [-0.25, -0.2) is 8.42 Å². The van der Waals surface area contributed by atoms with Crippen LogP contribution in [0, 0.1) is 5.41 Å². The monoisotopic (exact) mass is 314 g/mol. The predicted molar refractivity (Wildman–Crippen MR) is 57.8 cm³/mol. The van der Waals surface area contributed by atoms with E-state index in [1.165, 1.54) is 0 Å². The Labute approximate surface area is 114 Å². The van der Waals surface area contributed by atoms with Crippen LogP contribution >= 0.6 is 0 Å². The molecule has 2 aliphatic rings. The molecule has 0 aliphatic carbocycles. The summed E-state index contributed by atoms with van der Waals surface area (Å²) in [5, 5.41) is 0. The van der Waals surface area contributed by atoms with E-state index in [0.717, 1.165) is 0 Å². The fraction of sp³-hybridized carbons (Fsp3) is 1.00. The van der Waals surface area contributed by atoms with E-state index >= 15 is 0 Å². The Hall–Kier alpha value is 0.110. The summed E-state index contributed by atoms with van der Waals surface area (Å²) in [6.07, 6.45) is 0. The van der Waals surface area contributed by atoms with Crippen LogP contribution < -0.4 is 0 Å². The van der Waals surface area contributed by atoms with Crippen molar-refractivity contribution in [3.8, 4) is 0 Å². The Morgan fingerprint density at radius 2 is 1.16 bits per heavy atom. The number of hydrogen-bond donors (Lipinski definition) is 0. The molecule has 0 aromatic rings. The zero-order chi connectivity index (χ0) is 13.9. The van der Waals surface area contributed by atoms with Crippen LogP contribution in [0.3, 0.4) is 0 Å². The van der Waals surface area contributed by atoms with E-state index in [0.29, 0.717) is 0 Å². The van der Waals surface area contributed by atoms with Crippen molar-refractivity contribution in [3.05, 3.63) is 0 Å². The summed E-state index contributed by atoms with van der Waals surface area (Å²) in [7, 11) is -2.60. The summed E-state index contributed by atoms with van der Waals surface area (Å²) in [5.41, 5.74) is -0.658. The van der Waals surface area contributed by atoms with Gasteiger partial charge in [-0.1, -0.05) is 0 Å². The number of rotatable bonds is 4. The van der Waals surface area contributed by atoms with E-state index < -0.39 is 42.8 Å². The first-order chi connectivity index (χ1) is 8.99. The van der Waals surface area contributed by atoms with E-state index in [1.54, 1.807) is 0 Å². The summed E-state index contributed by atoms with van der Waals surface area (Å²) < 4.78 is 69.8. The second-order valence-corrected chi connectivity index (χ2v) is 5.12. The van der Waals surface area contributed by atoms with Crippen molar-refractivity contribution in [1.82, 2.24) is 0 Å². The lowest BCUT2D eigenvalue weighted by Crippen LogP contribution is -2.55. The molecule has 1 spiro atoms. The normalized spacial score (nSPS) is 26.4. The van der Waals surface area contributed by atoms with Gasteiger partial charge in [-0.3, -0.25) is 0 Å². The highest BCUT2D eigenvalue weighted by molar-refractivity contribution is 7.75. The molecular formula is C5H8B2O10S2-2. The third-order valence-corrected chi connectivity index (χ3v) is 3.05. The molecule has 2 heterocycles. The van der Waals surface area contributed by atoms with Crippen LogP contribution in [0.5, 0.6) is 0 Å². The summed E-state index contributed by atoms with van der Waals surface area (Å²) in [5.74, 6) is 0. The van der Waals surface area contributed by atoms with Gasteiger partial charge in [0, 0.05) is 26.4 Å². The fourth-order valence-electron chi connectivity index (χ4n) is 1.56. The summed E-state index contributed by atoms with van der Waals surface area (Å²) in [4.78, 5) is 0. The first kappa shape index (κ1) is 15.5. The van der Waals surface area contributed by atoms with Crippen LogP contribution in [0.1, 0.15) is 0 Å². The second-order valence-electron chi connectivity index (χ2n) is 3.92. The van der Waals surface area contributed by atoms with Gasteiger partial charge in [-0.2, -0.15) is 0 Å². The summed E-state index contributed by atoms with van der Waals surface area (Å²) in [6, 6.07) is 0. The zero-order valence-electron chi connectivity index (χ0n) is 9.38. The highest BCUT2D eigenvalue weighted by Gasteiger charge is 2.46. The lowest BCUT2D eigenvalue weighted by molar-refractivity contribution is -0.103. The molecule has 0 amide bonds. The summed E-state index contributed by atoms with van der Waals surface area (Å²) >= 11 is -5.49. The van der Waals surface area contributed by atoms with Crippen LogP contribution in [0.4, 0.5) is 0 Å². The van der Waals surface area contributed by atoms with E-state index in [2.05, 4.69) is 8.20 Å². The summed E-state index contributed by atoms with van der Waals surface area (Å²) in [6.45, 7) is 0.286. The van der Waals surface area contributed by atoms with Gasteiger partial charge < -0.3 is 35.9 Å². The molecule has 2 aliphatic heterocycles. The van der Waals surface area contributed by atoms with Gasteiger partial charge in [0.1, 0.15) is 0 Å². The highest BCUT2D eigenvalue weighted by Crippen LogP contribution is 2.29. The molecule has 0 aromatic heterocycles. The molecule has 2 saturated heterocycles. The van der Waals surface area contributed by atoms with Crippen molar-refractivity contribution in [1.29, 1.82) is 0 Å². The second kappa shape index (κ2) is 6.71. The highest BCUT2D eigenvalue weighted by atomic mass is 32.2. The first-order valence-electron chi connectivity index (χ1n) is 4.98. The Morgan fingerprint density at radius 3 is 1.42 bits per heavy atom. The zero-order valence-corrected chi connectivity index (χ0v) is 11.0. The molecule has 108 valence electrons. The third kappa shape index (κ3) is 4.56. The maximum Gasteiger partial charge on any atom is 0.652 e. The lowest BCUT2D eigenvalue weighted by atomic mass is 9.87. The van der Waals surface area contributed by atoms with E-state index in [1.807, 2.05) is 0 Å². The molecule has 0 saturated carbocycles. The van der Waals surface area contributed by atoms with E-state index in [-0.39, 0.29) is 26.4 Å². The van der Waals surface area contributed by atoms with E-state index in [4.69, 9.17) is 18.6 Å². The van der Waals surface area contributed by atoms with E-state index in [9.17, 15) is 17.5 Å². The average Bonchev–Trinajstić information content (AvgIpc) is 2.34. The molecule has 14 heteroatoms. The van der Waals surface area contributed by atoms with Gasteiger partial charge in [-0.05, 0) is 0 Å². The first-order valence-corrected chi connectivity index (χ1v) is 6.98. The Kier molecular flexibility index (Phi) is 5.47. The predicted octanol–water partition coefficient (Wildman–Crippen LogP) is -2.34. The standard InChI is InChI=1S/C5H10B2O10S2/c8-18(9)16-6-12-1-5(2-13-6)3-14-7(15-4-5)17-19(10)11/h1-4H2,(H,8,9)(H,10,11)/p-2. The van der Waals surface area contributed by atoms with Crippen LogP contribution in [0.25, 0.3) is 0 Å². The molecule has 0 aromatic carbocycles. The average molecular weight is 314 g/mol. The Morgan fingerprint density at radius 1 is 0.842 bits per heavy atom. The van der Waals surface area contributed by atoms with Gasteiger partial charge in [-0.15, -0.1) is 0 Å². The van der Waals surface area contributed by atoms with Crippen molar-refractivity contribution in [2.24, 2.45) is 5.41 Å². The Bertz CT molecular complexity index is 314. The maximum absolute atomic E-state index is 10.3. The quantitative estimate of drug-likeness (QED) is 0.410. The van der Waals surface area contributed by atoms with Gasteiger partial charge in [0.25, 0.3) is 0 Å². The molecule has 2 rings (SSSR count). The number of hydrogen-bond acceptors (Lipinski definition) is 10. The molecule has 0 N–H and O–H groups in total. The minimum Gasteiger partial charge on any atom is -0.751 e. The topological polar surface area (TPSA) is 136 Å². The van der Waals surface area contributed by atoms with Crippen molar-refractivity contribution in [2.75, 3.05) is 26.4 Å². The third-order valence-electron chi connectivity index (χ3n) is 2.42. The molecule has 2 fully saturated rings. The van der Waals surface area contributed by atoms with Crippen molar-refractivity contribution < 1.29 is 44.3 Å². The van der Waals surface area contributed by atoms with Crippen molar-refractivity contribution in [3.63, 3.8) is 0 Å². The van der Waals surface area contributed by atoms with Gasteiger partial charge >= 0.3 is 14.6 Å². The van der Waals surface area contributed by atoms with Crippen LogP contribution in [-0.4, -0.2) is 58.6 Å². The molecule has 10 nitrogen and oxygen atoms in total. The van der Waals surface area contributed by atoms with Crippen LogP contribution in [0.15, 0.2) is 0 Å². The lowest BCUT2D eigenvalue weighted by Gasteiger charge is -2.41. The van der Waals surface area contributed by atoms with Gasteiger partial charge in [0.15, 0.2) is 0 Å². The molecule has 19 heavy (non-hydrogen) atoms. The smallest absolute Gasteiger partial charge is 0.652 e. The van der Waals surface area contributed by atoms with Crippen molar-refractivity contribution >= 4 is 37.4 Å². The van der Waals surface area contributed by atoms with Gasteiger partial charge in [0.05, 0.1) is 28.1 Å².